The Morgan fingerprint density at radius 1 is 1.43 bits per heavy atom. The Labute approximate surface area is 138 Å². The highest BCUT2D eigenvalue weighted by atomic mass is 79.9. The molecule has 1 atom stereocenters. The van der Waals surface area contributed by atoms with E-state index in [0.717, 1.165) is 19.4 Å². The SMILES string of the molecule is Cl.NC(=O)c1cc(Br)cc(S(=O)(=O)NCC2CCCN2)c1. The molecule has 9 heteroatoms. The van der Waals surface area contributed by atoms with Gasteiger partial charge in [0.2, 0.25) is 15.9 Å². The Bertz CT molecular complexity index is 618. The minimum atomic E-state index is -3.65. The summed E-state index contributed by atoms with van der Waals surface area (Å²) < 4.78 is 27.4. The van der Waals surface area contributed by atoms with Crippen LogP contribution in [0.1, 0.15) is 23.2 Å². The molecule has 2 rings (SSSR count). The van der Waals surface area contributed by atoms with E-state index in [9.17, 15) is 13.2 Å². The van der Waals surface area contributed by atoms with Gasteiger partial charge in [0.1, 0.15) is 0 Å². The van der Waals surface area contributed by atoms with Crippen LogP contribution in [0.3, 0.4) is 0 Å². The molecule has 0 bridgehead atoms. The van der Waals surface area contributed by atoms with Crippen LogP contribution in [0.5, 0.6) is 0 Å². The third-order valence-electron chi connectivity index (χ3n) is 3.15. The fraction of sp³-hybridized carbons (Fsp3) is 0.417. The van der Waals surface area contributed by atoms with E-state index in [-0.39, 0.29) is 28.9 Å². The molecule has 0 aromatic heterocycles. The second kappa shape index (κ2) is 7.55. The van der Waals surface area contributed by atoms with Crippen molar-refractivity contribution in [2.24, 2.45) is 5.73 Å². The largest absolute Gasteiger partial charge is 0.366 e. The first-order chi connectivity index (χ1) is 9.38. The first-order valence-corrected chi connectivity index (χ1v) is 8.49. The number of nitrogens with one attached hydrogen (secondary N) is 2. The third-order valence-corrected chi connectivity index (χ3v) is 5.01. The minimum Gasteiger partial charge on any atom is -0.366 e. The molecule has 1 heterocycles. The van der Waals surface area contributed by atoms with Crippen LogP contribution < -0.4 is 15.8 Å². The Morgan fingerprint density at radius 3 is 2.71 bits per heavy atom. The number of primary amides is 1. The summed E-state index contributed by atoms with van der Waals surface area (Å²) in [5.74, 6) is -0.666. The van der Waals surface area contributed by atoms with Crippen LogP contribution in [0.4, 0.5) is 0 Å². The molecule has 118 valence electrons. The molecule has 0 aliphatic carbocycles. The summed E-state index contributed by atoms with van der Waals surface area (Å²) in [6.07, 6.45) is 2.00. The number of rotatable bonds is 5. The Hall–Kier alpha value is -0.670. The molecule has 1 aromatic carbocycles. The van der Waals surface area contributed by atoms with Crippen LogP contribution >= 0.6 is 28.3 Å². The minimum absolute atomic E-state index is 0. The van der Waals surface area contributed by atoms with Gasteiger partial charge in [0.25, 0.3) is 0 Å². The zero-order chi connectivity index (χ0) is 14.8. The lowest BCUT2D eigenvalue weighted by Crippen LogP contribution is -2.37. The second-order valence-electron chi connectivity index (χ2n) is 4.69. The molecule has 1 unspecified atom stereocenters. The van der Waals surface area contributed by atoms with Gasteiger partial charge in [-0.3, -0.25) is 4.79 Å². The summed E-state index contributed by atoms with van der Waals surface area (Å²) in [6, 6.07) is 4.36. The molecule has 1 aliphatic heterocycles. The fourth-order valence-corrected chi connectivity index (χ4v) is 3.88. The van der Waals surface area contributed by atoms with Crippen LogP contribution in [-0.4, -0.2) is 33.5 Å². The van der Waals surface area contributed by atoms with E-state index in [0.29, 0.717) is 11.0 Å². The van der Waals surface area contributed by atoms with Gasteiger partial charge in [-0.15, -0.1) is 12.4 Å². The first kappa shape index (κ1) is 18.4. The lowest BCUT2D eigenvalue weighted by molar-refractivity contribution is 0.1000. The van der Waals surface area contributed by atoms with Gasteiger partial charge in [0, 0.05) is 22.6 Å². The van der Waals surface area contributed by atoms with Crippen LogP contribution in [0, 0.1) is 0 Å². The molecular weight excluding hydrogens is 382 g/mol. The normalized spacial score (nSPS) is 18.2. The Morgan fingerprint density at radius 2 is 2.14 bits per heavy atom. The van der Waals surface area contributed by atoms with Crippen molar-refractivity contribution in [3.63, 3.8) is 0 Å². The van der Waals surface area contributed by atoms with Gasteiger partial charge >= 0.3 is 0 Å². The van der Waals surface area contributed by atoms with E-state index in [1.54, 1.807) is 0 Å². The molecular formula is C12H17BrClN3O3S. The predicted octanol–water partition coefficient (Wildman–Crippen LogP) is 1.00. The molecule has 0 saturated carbocycles. The number of sulfonamides is 1. The van der Waals surface area contributed by atoms with E-state index in [2.05, 4.69) is 26.0 Å². The van der Waals surface area contributed by atoms with Crippen LogP contribution in [0.15, 0.2) is 27.6 Å². The van der Waals surface area contributed by atoms with Gasteiger partial charge in [0.05, 0.1) is 4.90 Å². The number of halogens is 2. The molecule has 1 aromatic rings. The summed E-state index contributed by atoms with van der Waals surface area (Å²) >= 11 is 3.18. The van der Waals surface area contributed by atoms with Gasteiger partial charge in [-0.25, -0.2) is 13.1 Å². The monoisotopic (exact) mass is 397 g/mol. The number of carbonyl (C=O) groups excluding carboxylic acids is 1. The topological polar surface area (TPSA) is 101 Å². The number of nitrogens with two attached hydrogens (primary N) is 1. The highest BCUT2D eigenvalue weighted by Gasteiger charge is 2.20. The number of hydrogen-bond donors (Lipinski definition) is 3. The van der Waals surface area contributed by atoms with Crippen molar-refractivity contribution in [2.45, 2.75) is 23.8 Å². The number of hydrogen-bond acceptors (Lipinski definition) is 4. The van der Waals surface area contributed by atoms with Crippen molar-refractivity contribution in [1.82, 2.24) is 10.0 Å². The van der Waals surface area contributed by atoms with Crippen LogP contribution in [0.25, 0.3) is 0 Å². The molecule has 0 spiro atoms. The zero-order valence-corrected chi connectivity index (χ0v) is 14.4. The van der Waals surface area contributed by atoms with Gasteiger partial charge in [-0.1, -0.05) is 15.9 Å². The van der Waals surface area contributed by atoms with Crippen LogP contribution in [0.2, 0.25) is 0 Å². The molecule has 4 N–H and O–H groups in total. The van der Waals surface area contributed by atoms with Gasteiger partial charge < -0.3 is 11.1 Å². The van der Waals surface area contributed by atoms with Gasteiger partial charge in [0.15, 0.2) is 0 Å². The van der Waals surface area contributed by atoms with E-state index >= 15 is 0 Å². The van der Waals surface area contributed by atoms with Crippen molar-refractivity contribution in [2.75, 3.05) is 13.1 Å². The summed E-state index contributed by atoms with van der Waals surface area (Å²) in [5, 5.41) is 3.21. The average molecular weight is 399 g/mol. The van der Waals surface area contributed by atoms with Crippen molar-refractivity contribution in [3.8, 4) is 0 Å². The van der Waals surface area contributed by atoms with Crippen molar-refractivity contribution >= 4 is 44.3 Å². The van der Waals surface area contributed by atoms with Crippen molar-refractivity contribution in [1.29, 1.82) is 0 Å². The molecule has 0 radical (unpaired) electrons. The number of carbonyl (C=O) groups is 1. The van der Waals surface area contributed by atoms with E-state index in [1.165, 1.54) is 18.2 Å². The molecule has 6 nitrogen and oxygen atoms in total. The lowest BCUT2D eigenvalue weighted by Gasteiger charge is -2.12. The lowest BCUT2D eigenvalue weighted by atomic mass is 10.2. The highest BCUT2D eigenvalue weighted by Crippen LogP contribution is 2.19. The molecule has 1 aliphatic rings. The Kier molecular flexibility index (Phi) is 6.61. The maximum Gasteiger partial charge on any atom is 0.248 e. The van der Waals surface area contributed by atoms with Crippen molar-refractivity contribution < 1.29 is 13.2 Å². The third kappa shape index (κ3) is 4.93. The highest BCUT2D eigenvalue weighted by molar-refractivity contribution is 9.10. The van der Waals surface area contributed by atoms with E-state index in [1.807, 2.05) is 0 Å². The number of amides is 1. The summed E-state index contributed by atoms with van der Waals surface area (Å²) in [4.78, 5) is 11.2. The number of benzene rings is 1. The smallest absolute Gasteiger partial charge is 0.248 e. The summed E-state index contributed by atoms with van der Waals surface area (Å²) in [6.45, 7) is 1.25. The van der Waals surface area contributed by atoms with Gasteiger partial charge in [-0.2, -0.15) is 0 Å². The van der Waals surface area contributed by atoms with Crippen molar-refractivity contribution in [3.05, 3.63) is 28.2 Å². The van der Waals surface area contributed by atoms with Gasteiger partial charge in [-0.05, 0) is 37.6 Å². The standard InChI is InChI=1S/C12H16BrN3O3S.ClH/c13-9-4-8(12(14)17)5-11(6-9)20(18,19)16-7-10-2-1-3-15-10;/h4-6,10,15-16H,1-3,7H2,(H2,14,17);1H. The molecule has 1 saturated heterocycles. The maximum atomic E-state index is 12.2. The van der Waals surface area contributed by atoms with Crippen LogP contribution in [-0.2, 0) is 10.0 Å². The predicted molar refractivity (Wildman–Crippen MR) is 86.1 cm³/mol. The zero-order valence-electron chi connectivity index (χ0n) is 11.1. The first-order valence-electron chi connectivity index (χ1n) is 6.22. The van der Waals surface area contributed by atoms with E-state index in [4.69, 9.17) is 5.73 Å². The fourth-order valence-electron chi connectivity index (χ4n) is 2.08. The summed E-state index contributed by atoms with van der Waals surface area (Å²) in [5.41, 5.74) is 5.33. The molecule has 1 fully saturated rings. The quantitative estimate of drug-likeness (QED) is 0.688. The Balaban J connectivity index is 0.00000220. The average Bonchev–Trinajstić information content (AvgIpc) is 2.89. The van der Waals surface area contributed by atoms with E-state index < -0.39 is 15.9 Å². The second-order valence-corrected chi connectivity index (χ2v) is 7.37. The maximum absolute atomic E-state index is 12.2. The molecule has 1 amide bonds. The molecule has 21 heavy (non-hydrogen) atoms. The summed E-state index contributed by atoms with van der Waals surface area (Å²) in [7, 11) is -3.65.